The normalized spacial score (nSPS) is 11.9. The minimum Gasteiger partial charge on any atom is -0.452 e. The van der Waals surface area contributed by atoms with Crippen LogP contribution in [0.5, 0.6) is 0 Å². The Hall–Kier alpha value is -1.85. The molecule has 1 aromatic carbocycles. The molecule has 1 aromatic rings. The van der Waals surface area contributed by atoms with Crippen molar-refractivity contribution in [1.82, 2.24) is 5.32 Å². The molecule has 0 radical (unpaired) electrons. The van der Waals surface area contributed by atoms with E-state index >= 15 is 0 Å². The highest BCUT2D eigenvalue weighted by atomic mass is 35.5. The zero-order valence-corrected chi connectivity index (χ0v) is 12.8. The van der Waals surface area contributed by atoms with Gasteiger partial charge in [-0.2, -0.15) is 13.2 Å². The molecule has 0 aromatic heterocycles. The minimum absolute atomic E-state index is 0.230. The summed E-state index contributed by atoms with van der Waals surface area (Å²) in [6.45, 7) is -2.54. The van der Waals surface area contributed by atoms with Crippen molar-refractivity contribution >= 4 is 33.5 Å². The summed E-state index contributed by atoms with van der Waals surface area (Å²) in [5, 5.41) is 6.16. The zero-order valence-electron chi connectivity index (χ0n) is 11.2. The first kappa shape index (κ1) is 19.2. The van der Waals surface area contributed by atoms with E-state index in [1.54, 1.807) is 0 Å². The molecular weight excluding hydrogens is 365 g/mol. The molecule has 0 aliphatic carbocycles. The number of carbonyl (C=O) groups excluding carboxylic acids is 2. The van der Waals surface area contributed by atoms with E-state index in [1.165, 1.54) is 5.32 Å². The van der Waals surface area contributed by atoms with Gasteiger partial charge in [0, 0.05) is 0 Å². The second kappa shape index (κ2) is 7.15. The van der Waals surface area contributed by atoms with Gasteiger partial charge in [0.15, 0.2) is 6.61 Å². The van der Waals surface area contributed by atoms with Gasteiger partial charge in [-0.05, 0) is 18.2 Å². The SMILES string of the molecule is NS(=O)(=O)c1cc(C(=O)OCC(=O)NCC(F)(F)F)ccc1Cl. The fourth-order valence-electron chi connectivity index (χ4n) is 1.31. The number of primary sulfonamides is 1. The molecule has 0 heterocycles. The lowest BCUT2D eigenvalue weighted by atomic mass is 10.2. The molecule has 0 bridgehead atoms. The average molecular weight is 375 g/mol. The smallest absolute Gasteiger partial charge is 0.405 e. The maximum atomic E-state index is 11.9. The molecule has 0 aliphatic heterocycles. The van der Waals surface area contributed by atoms with Crippen LogP contribution in [0.2, 0.25) is 5.02 Å². The van der Waals surface area contributed by atoms with Crippen molar-refractivity contribution in [2.75, 3.05) is 13.2 Å². The van der Waals surface area contributed by atoms with Gasteiger partial charge >= 0.3 is 12.1 Å². The fourth-order valence-corrected chi connectivity index (χ4v) is 2.38. The van der Waals surface area contributed by atoms with Gasteiger partial charge in [-0.25, -0.2) is 18.4 Å². The zero-order chi connectivity index (χ0) is 17.8. The summed E-state index contributed by atoms with van der Waals surface area (Å²) in [6.07, 6.45) is -4.60. The van der Waals surface area contributed by atoms with Gasteiger partial charge < -0.3 is 10.1 Å². The van der Waals surface area contributed by atoms with Crippen LogP contribution in [0.3, 0.4) is 0 Å². The van der Waals surface area contributed by atoms with Gasteiger partial charge in [0.05, 0.1) is 10.6 Å². The monoisotopic (exact) mass is 374 g/mol. The molecule has 1 amide bonds. The number of benzene rings is 1. The molecule has 0 fully saturated rings. The Morgan fingerprint density at radius 2 is 1.91 bits per heavy atom. The molecule has 3 N–H and O–H groups in total. The predicted molar refractivity (Wildman–Crippen MR) is 72.2 cm³/mol. The number of nitrogens with two attached hydrogens (primary N) is 1. The van der Waals surface area contributed by atoms with Crippen LogP contribution in [-0.2, 0) is 19.6 Å². The summed E-state index contributed by atoms with van der Waals surface area (Å²) in [5.74, 6) is -2.30. The van der Waals surface area contributed by atoms with E-state index in [4.69, 9.17) is 16.7 Å². The molecule has 23 heavy (non-hydrogen) atoms. The van der Waals surface area contributed by atoms with E-state index in [9.17, 15) is 31.2 Å². The first-order valence-corrected chi connectivity index (χ1v) is 7.65. The van der Waals surface area contributed by atoms with Gasteiger partial charge in [-0.1, -0.05) is 11.6 Å². The highest BCUT2D eigenvalue weighted by Gasteiger charge is 2.28. The molecule has 0 saturated carbocycles. The summed E-state index contributed by atoms with van der Waals surface area (Å²) < 4.78 is 62.6. The van der Waals surface area contributed by atoms with Crippen molar-refractivity contribution < 1.29 is 35.9 Å². The van der Waals surface area contributed by atoms with Crippen molar-refractivity contribution in [3.63, 3.8) is 0 Å². The van der Waals surface area contributed by atoms with Crippen molar-refractivity contribution in [3.8, 4) is 0 Å². The van der Waals surface area contributed by atoms with Crippen LogP contribution in [-0.4, -0.2) is 39.6 Å². The number of hydrogen-bond acceptors (Lipinski definition) is 5. The third-order valence-electron chi connectivity index (χ3n) is 2.29. The van der Waals surface area contributed by atoms with E-state index < -0.39 is 46.1 Å². The summed E-state index contributed by atoms with van der Waals surface area (Å²) in [5.41, 5.74) is -0.290. The van der Waals surface area contributed by atoms with Crippen LogP contribution in [0.4, 0.5) is 13.2 Å². The van der Waals surface area contributed by atoms with Gasteiger partial charge in [0.25, 0.3) is 5.91 Å². The number of ether oxygens (including phenoxy) is 1. The second-order valence-corrected chi connectivity index (χ2v) is 6.10. The Kier molecular flexibility index (Phi) is 5.97. The van der Waals surface area contributed by atoms with Crippen molar-refractivity contribution in [1.29, 1.82) is 0 Å². The Morgan fingerprint density at radius 1 is 1.30 bits per heavy atom. The number of rotatable bonds is 5. The van der Waals surface area contributed by atoms with E-state index in [-0.39, 0.29) is 10.6 Å². The number of sulfonamides is 1. The van der Waals surface area contributed by atoms with Gasteiger partial charge in [-0.15, -0.1) is 0 Å². The average Bonchev–Trinajstić information content (AvgIpc) is 2.41. The van der Waals surface area contributed by atoms with Crippen LogP contribution in [0.1, 0.15) is 10.4 Å². The van der Waals surface area contributed by atoms with E-state index in [0.29, 0.717) is 0 Å². The number of alkyl halides is 3. The maximum absolute atomic E-state index is 11.9. The first-order valence-electron chi connectivity index (χ1n) is 5.73. The highest BCUT2D eigenvalue weighted by Crippen LogP contribution is 2.21. The van der Waals surface area contributed by atoms with Gasteiger partial charge in [0.2, 0.25) is 10.0 Å². The fraction of sp³-hybridized carbons (Fsp3) is 0.273. The van der Waals surface area contributed by atoms with Crippen LogP contribution in [0.15, 0.2) is 23.1 Å². The Bertz CT molecular complexity index is 721. The van der Waals surface area contributed by atoms with Crippen molar-refractivity contribution in [2.24, 2.45) is 5.14 Å². The van der Waals surface area contributed by atoms with Gasteiger partial charge in [-0.3, -0.25) is 4.79 Å². The number of halogens is 4. The largest absolute Gasteiger partial charge is 0.452 e. The molecular formula is C11H10ClF3N2O5S. The van der Waals surface area contributed by atoms with Crippen LogP contribution >= 0.6 is 11.6 Å². The predicted octanol–water partition coefficient (Wildman–Crippen LogP) is 0.823. The van der Waals surface area contributed by atoms with Crippen LogP contribution < -0.4 is 10.5 Å². The van der Waals surface area contributed by atoms with Crippen LogP contribution in [0.25, 0.3) is 0 Å². The van der Waals surface area contributed by atoms with E-state index in [2.05, 4.69) is 4.74 Å². The summed E-state index contributed by atoms with van der Waals surface area (Å²) in [6, 6.07) is 3.00. The first-order chi connectivity index (χ1) is 10.4. The Balaban J connectivity index is 2.71. The summed E-state index contributed by atoms with van der Waals surface area (Å²) in [7, 11) is -4.19. The second-order valence-electron chi connectivity index (χ2n) is 4.16. The molecule has 7 nitrogen and oxygen atoms in total. The number of hydrogen-bond donors (Lipinski definition) is 2. The number of carbonyl (C=O) groups is 2. The van der Waals surface area contributed by atoms with E-state index in [0.717, 1.165) is 18.2 Å². The van der Waals surface area contributed by atoms with Gasteiger partial charge in [0.1, 0.15) is 11.4 Å². The van der Waals surface area contributed by atoms with Crippen LogP contribution in [0, 0.1) is 0 Å². The molecule has 0 aliphatic rings. The molecule has 128 valence electrons. The van der Waals surface area contributed by atoms with Crippen molar-refractivity contribution in [2.45, 2.75) is 11.1 Å². The topological polar surface area (TPSA) is 116 Å². The number of esters is 1. The lowest BCUT2D eigenvalue weighted by molar-refractivity contribution is -0.140. The molecule has 0 saturated heterocycles. The Morgan fingerprint density at radius 3 is 2.43 bits per heavy atom. The maximum Gasteiger partial charge on any atom is 0.405 e. The number of amides is 1. The third-order valence-corrected chi connectivity index (χ3v) is 3.69. The van der Waals surface area contributed by atoms with Crippen molar-refractivity contribution in [3.05, 3.63) is 28.8 Å². The summed E-state index contributed by atoms with van der Waals surface area (Å²) >= 11 is 5.62. The molecule has 1 rings (SSSR count). The third kappa shape index (κ3) is 6.42. The molecule has 0 atom stereocenters. The minimum atomic E-state index is -4.60. The lowest BCUT2D eigenvalue weighted by Gasteiger charge is -2.09. The van der Waals surface area contributed by atoms with E-state index in [1.807, 2.05) is 0 Å². The molecule has 0 unspecified atom stereocenters. The standard InChI is InChI=1S/C11H10ClF3N2O5S/c12-7-2-1-6(3-8(7)23(16,20)21)10(19)22-4-9(18)17-5-11(13,14)15/h1-3H,4-5H2,(H,17,18)(H2,16,20,21). The Labute approximate surface area is 133 Å². The molecule has 12 heteroatoms. The lowest BCUT2D eigenvalue weighted by Crippen LogP contribution is -2.36. The summed E-state index contributed by atoms with van der Waals surface area (Å²) in [4.78, 5) is 22.2. The number of nitrogens with one attached hydrogen (secondary N) is 1. The highest BCUT2D eigenvalue weighted by molar-refractivity contribution is 7.89. The molecule has 0 spiro atoms. The quantitative estimate of drug-likeness (QED) is 0.740.